The van der Waals surface area contributed by atoms with Crippen LogP contribution in [0.1, 0.15) is 40.9 Å². The van der Waals surface area contributed by atoms with Gasteiger partial charge in [-0.3, -0.25) is 4.79 Å². The Morgan fingerprint density at radius 3 is 2.56 bits per heavy atom. The van der Waals surface area contributed by atoms with Crippen molar-refractivity contribution in [2.24, 2.45) is 0 Å². The number of aromatic nitrogens is 1. The molecule has 4 rings (SSSR count). The highest BCUT2D eigenvalue weighted by atomic mass is 32.1. The van der Waals surface area contributed by atoms with E-state index in [1.807, 2.05) is 12.4 Å². The van der Waals surface area contributed by atoms with Gasteiger partial charge in [0.05, 0.1) is 18.3 Å². The Kier molecular flexibility index (Phi) is 7.27. The topological polar surface area (TPSA) is 54.9 Å². The highest BCUT2D eigenvalue weighted by molar-refractivity contribution is 7.07. The average Bonchev–Trinajstić information content (AvgIpc) is 3.37. The molecule has 3 aromatic rings. The zero-order valence-electron chi connectivity index (χ0n) is 18.6. The molecule has 1 aromatic heterocycles. The quantitative estimate of drug-likeness (QED) is 0.483. The number of nitrogens with zero attached hydrogens (tertiary/aromatic N) is 3. The zero-order valence-corrected chi connectivity index (χ0v) is 19.4. The van der Waals surface area contributed by atoms with Crippen molar-refractivity contribution in [2.75, 3.05) is 32.1 Å². The molecular weight excluding hydrogens is 422 g/mol. The molecule has 0 bridgehead atoms. The first-order valence-corrected chi connectivity index (χ1v) is 11.9. The summed E-state index contributed by atoms with van der Waals surface area (Å²) in [5.74, 6) is 1.06. The van der Waals surface area contributed by atoms with E-state index in [9.17, 15) is 4.79 Å². The van der Waals surface area contributed by atoms with Crippen LogP contribution < -0.4 is 14.4 Å². The summed E-state index contributed by atoms with van der Waals surface area (Å²) >= 11 is 1.53. The van der Waals surface area contributed by atoms with Crippen LogP contribution in [0, 0.1) is 0 Å². The fraction of sp³-hybridized carbons (Fsp3) is 0.360. The Morgan fingerprint density at radius 1 is 1.09 bits per heavy atom. The van der Waals surface area contributed by atoms with Crippen LogP contribution in [-0.4, -0.2) is 43.0 Å². The molecule has 1 saturated heterocycles. The SMILES string of the molecule is COc1cc(C(=O)N(C)Cc2ccc(N3CCCCC3)cc2)ccc1OCc1cscn1. The van der Waals surface area contributed by atoms with Crippen LogP contribution in [0.25, 0.3) is 0 Å². The van der Waals surface area contributed by atoms with E-state index in [0.717, 1.165) is 24.3 Å². The standard InChI is InChI=1S/C25H29N3O3S/c1-27(15-19-6-9-22(10-7-19)28-12-4-3-5-13-28)25(29)20-8-11-23(24(14-20)30-2)31-16-21-17-32-18-26-21/h6-11,14,17-18H,3-5,12-13,15-16H2,1-2H3. The van der Waals surface area contributed by atoms with Crippen LogP contribution in [0.4, 0.5) is 5.69 Å². The zero-order chi connectivity index (χ0) is 22.3. The summed E-state index contributed by atoms with van der Waals surface area (Å²) in [4.78, 5) is 21.4. The van der Waals surface area contributed by atoms with Crippen LogP contribution in [0.3, 0.4) is 0 Å². The number of hydrogen-bond donors (Lipinski definition) is 0. The molecule has 1 aliphatic rings. The monoisotopic (exact) mass is 451 g/mol. The van der Waals surface area contributed by atoms with E-state index in [2.05, 4.69) is 34.1 Å². The molecule has 1 fully saturated rings. The van der Waals surface area contributed by atoms with Crippen molar-refractivity contribution in [1.82, 2.24) is 9.88 Å². The number of thiazole rings is 1. The van der Waals surface area contributed by atoms with Crippen molar-refractivity contribution in [2.45, 2.75) is 32.4 Å². The van der Waals surface area contributed by atoms with E-state index >= 15 is 0 Å². The number of hydrogen-bond acceptors (Lipinski definition) is 6. The lowest BCUT2D eigenvalue weighted by Gasteiger charge is -2.29. The maximum Gasteiger partial charge on any atom is 0.254 e. The first-order valence-electron chi connectivity index (χ1n) is 10.9. The van der Waals surface area contributed by atoms with Gasteiger partial charge in [-0.15, -0.1) is 11.3 Å². The smallest absolute Gasteiger partial charge is 0.254 e. The molecule has 1 aliphatic heterocycles. The molecular formula is C25H29N3O3S. The highest BCUT2D eigenvalue weighted by Crippen LogP contribution is 2.29. The summed E-state index contributed by atoms with van der Waals surface area (Å²) in [5.41, 5.74) is 5.57. The van der Waals surface area contributed by atoms with E-state index in [4.69, 9.17) is 9.47 Å². The Labute approximate surface area is 193 Å². The third-order valence-electron chi connectivity index (χ3n) is 5.69. The number of rotatable bonds is 8. The van der Waals surface area contributed by atoms with Gasteiger partial charge in [0, 0.05) is 43.3 Å². The van der Waals surface area contributed by atoms with Crippen molar-refractivity contribution >= 4 is 22.9 Å². The van der Waals surface area contributed by atoms with Gasteiger partial charge in [0.25, 0.3) is 5.91 Å². The molecule has 1 amide bonds. The van der Waals surface area contributed by atoms with E-state index in [1.165, 1.54) is 36.3 Å². The predicted molar refractivity (Wildman–Crippen MR) is 128 cm³/mol. The minimum absolute atomic E-state index is 0.0607. The number of carbonyl (C=O) groups excluding carboxylic acids is 1. The maximum absolute atomic E-state index is 13.0. The van der Waals surface area contributed by atoms with Gasteiger partial charge in [-0.25, -0.2) is 4.98 Å². The Balaban J connectivity index is 1.38. The summed E-state index contributed by atoms with van der Waals surface area (Å²) in [5, 5.41) is 1.94. The largest absolute Gasteiger partial charge is 0.493 e. The third-order valence-corrected chi connectivity index (χ3v) is 6.33. The molecule has 0 radical (unpaired) electrons. The molecule has 168 valence electrons. The predicted octanol–water partition coefficient (Wildman–Crippen LogP) is 4.99. The van der Waals surface area contributed by atoms with Gasteiger partial charge in [-0.05, 0) is 55.2 Å². The lowest BCUT2D eigenvalue weighted by molar-refractivity contribution is 0.0784. The minimum atomic E-state index is -0.0607. The number of carbonyl (C=O) groups is 1. The van der Waals surface area contributed by atoms with Crippen molar-refractivity contribution in [3.05, 3.63) is 70.2 Å². The molecule has 2 aromatic carbocycles. The van der Waals surface area contributed by atoms with Gasteiger partial charge >= 0.3 is 0 Å². The third kappa shape index (κ3) is 5.40. The van der Waals surface area contributed by atoms with Crippen LogP contribution in [-0.2, 0) is 13.2 Å². The molecule has 0 unspecified atom stereocenters. The van der Waals surface area contributed by atoms with Crippen molar-refractivity contribution in [1.29, 1.82) is 0 Å². The van der Waals surface area contributed by atoms with Gasteiger partial charge in [-0.1, -0.05) is 12.1 Å². The van der Waals surface area contributed by atoms with Crippen LogP contribution >= 0.6 is 11.3 Å². The molecule has 32 heavy (non-hydrogen) atoms. The molecule has 0 aliphatic carbocycles. The number of anilines is 1. The van der Waals surface area contributed by atoms with Gasteiger partial charge < -0.3 is 19.3 Å². The summed E-state index contributed by atoms with van der Waals surface area (Å²) in [6.07, 6.45) is 3.85. The first kappa shape index (κ1) is 22.1. The average molecular weight is 452 g/mol. The fourth-order valence-corrected chi connectivity index (χ4v) is 4.45. The lowest BCUT2D eigenvalue weighted by Crippen LogP contribution is -2.29. The Morgan fingerprint density at radius 2 is 1.88 bits per heavy atom. The number of piperidine rings is 1. The van der Waals surface area contributed by atoms with Gasteiger partial charge in [0.15, 0.2) is 11.5 Å². The van der Waals surface area contributed by atoms with Crippen LogP contribution in [0.15, 0.2) is 53.4 Å². The summed E-state index contributed by atoms with van der Waals surface area (Å²) in [7, 11) is 3.40. The van der Waals surface area contributed by atoms with E-state index in [-0.39, 0.29) is 5.91 Å². The second-order valence-corrected chi connectivity index (χ2v) is 8.73. The van der Waals surface area contributed by atoms with Crippen LogP contribution in [0.2, 0.25) is 0 Å². The normalized spacial score (nSPS) is 13.6. The number of benzene rings is 2. The summed E-state index contributed by atoms with van der Waals surface area (Å²) < 4.78 is 11.3. The van der Waals surface area contributed by atoms with Gasteiger partial charge in [-0.2, -0.15) is 0 Å². The minimum Gasteiger partial charge on any atom is -0.493 e. The van der Waals surface area contributed by atoms with E-state index in [1.54, 1.807) is 35.7 Å². The fourth-order valence-electron chi connectivity index (χ4n) is 3.91. The van der Waals surface area contributed by atoms with E-state index in [0.29, 0.717) is 30.2 Å². The highest BCUT2D eigenvalue weighted by Gasteiger charge is 2.16. The summed E-state index contributed by atoms with van der Waals surface area (Å²) in [6, 6.07) is 13.8. The molecule has 6 nitrogen and oxygen atoms in total. The second-order valence-electron chi connectivity index (χ2n) is 8.01. The molecule has 0 N–H and O–H groups in total. The van der Waals surface area contributed by atoms with Crippen LogP contribution in [0.5, 0.6) is 11.5 Å². The van der Waals surface area contributed by atoms with Gasteiger partial charge in [0.1, 0.15) is 6.61 Å². The molecule has 0 atom stereocenters. The number of ether oxygens (including phenoxy) is 2. The summed E-state index contributed by atoms with van der Waals surface area (Å²) in [6.45, 7) is 3.16. The number of methoxy groups -OCH3 is 1. The van der Waals surface area contributed by atoms with E-state index < -0.39 is 0 Å². The second kappa shape index (κ2) is 10.5. The molecule has 2 heterocycles. The van der Waals surface area contributed by atoms with Gasteiger partial charge in [0.2, 0.25) is 0 Å². The molecule has 7 heteroatoms. The number of amides is 1. The first-order chi connectivity index (χ1) is 15.6. The Hall–Kier alpha value is -3.06. The molecule has 0 spiro atoms. The lowest BCUT2D eigenvalue weighted by atomic mass is 10.1. The van der Waals surface area contributed by atoms with Crippen molar-refractivity contribution in [3.63, 3.8) is 0 Å². The van der Waals surface area contributed by atoms with Crippen molar-refractivity contribution < 1.29 is 14.3 Å². The van der Waals surface area contributed by atoms with Crippen molar-refractivity contribution in [3.8, 4) is 11.5 Å². The molecule has 0 saturated carbocycles. The maximum atomic E-state index is 13.0. The Bertz CT molecular complexity index is 1020.